The fraction of sp³-hybridized carbons (Fsp3) is 0.533. The van der Waals surface area contributed by atoms with E-state index in [1.165, 1.54) is 5.56 Å². The molecule has 100 valence electrons. The van der Waals surface area contributed by atoms with Gasteiger partial charge in [0.2, 0.25) is 0 Å². The second-order valence-electron chi connectivity index (χ2n) is 6.25. The van der Waals surface area contributed by atoms with Gasteiger partial charge >= 0.3 is 0 Å². The molecule has 0 bridgehead atoms. The van der Waals surface area contributed by atoms with E-state index in [9.17, 15) is 4.55 Å². The molecule has 0 aliphatic heterocycles. The number of hydrogen-bond acceptors (Lipinski definition) is 2. The summed E-state index contributed by atoms with van der Waals surface area (Å²) in [6.07, 6.45) is 2.74. The molecular formula is C15H23NOS. The minimum Gasteiger partial charge on any atom is -0.591 e. The zero-order valence-electron chi connectivity index (χ0n) is 11.9. The average molecular weight is 265 g/mol. The van der Waals surface area contributed by atoms with Crippen molar-refractivity contribution < 1.29 is 4.55 Å². The van der Waals surface area contributed by atoms with Crippen molar-refractivity contribution >= 4 is 17.6 Å². The number of hydrogen-bond donors (Lipinski definition) is 0. The Labute approximate surface area is 114 Å². The molecule has 18 heavy (non-hydrogen) atoms. The smallest absolute Gasteiger partial charge is 0.144 e. The fourth-order valence-corrected chi connectivity index (χ4v) is 2.21. The maximum Gasteiger partial charge on any atom is 0.144 e. The Morgan fingerprint density at radius 3 is 2.17 bits per heavy atom. The molecule has 1 aromatic rings. The van der Waals surface area contributed by atoms with Crippen molar-refractivity contribution in [1.82, 2.24) is 0 Å². The zero-order chi connectivity index (χ0) is 13.8. The van der Waals surface area contributed by atoms with Crippen LogP contribution in [0.25, 0.3) is 0 Å². The number of rotatable bonds is 4. The van der Waals surface area contributed by atoms with Crippen LogP contribution in [0.1, 0.15) is 40.2 Å². The highest BCUT2D eigenvalue weighted by Gasteiger charge is 2.27. The molecule has 1 atom stereocenters. The third-order valence-corrected chi connectivity index (χ3v) is 3.87. The SMILES string of the molecule is CC(C)(C=N[S+]([O-])C(C)(C)C)Cc1ccccc1. The molecule has 3 heteroatoms. The van der Waals surface area contributed by atoms with Crippen LogP contribution in [0.2, 0.25) is 0 Å². The highest BCUT2D eigenvalue weighted by atomic mass is 32.2. The molecule has 0 N–H and O–H groups in total. The molecule has 2 nitrogen and oxygen atoms in total. The maximum absolute atomic E-state index is 11.9. The van der Waals surface area contributed by atoms with E-state index in [2.05, 4.69) is 30.4 Å². The van der Waals surface area contributed by atoms with Gasteiger partial charge in [0.1, 0.15) is 16.1 Å². The molecule has 0 aliphatic carbocycles. The second-order valence-corrected chi connectivity index (χ2v) is 8.18. The highest BCUT2D eigenvalue weighted by Crippen LogP contribution is 2.22. The summed E-state index contributed by atoms with van der Waals surface area (Å²) in [5.41, 5.74) is 1.19. The van der Waals surface area contributed by atoms with Crippen LogP contribution in [0.15, 0.2) is 34.7 Å². The Bertz CT molecular complexity index is 393. The Kier molecular flexibility index (Phi) is 5.00. The van der Waals surface area contributed by atoms with Crippen LogP contribution in [-0.2, 0) is 17.8 Å². The van der Waals surface area contributed by atoms with Crippen LogP contribution in [0.4, 0.5) is 0 Å². The molecule has 0 amide bonds. The lowest BCUT2D eigenvalue weighted by Gasteiger charge is -2.22. The van der Waals surface area contributed by atoms with Gasteiger partial charge < -0.3 is 4.55 Å². The molecule has 0 radical (unpaired) electrons. The monoisotopic (exact) mass is 265 g/mol. The summed E-state index contributed by atoms with van der Waals surface area (Å²) in [4.78, 5) is 0. The van der Waals surface area contributed by atoms with Gasteiger partial charge in [0.25, 0.3) is 0 Å². The second kappa shape index (κ2) is 5.89. The van der Waals surface area contributed by atoms with Crippen molar-refractivity contribution in [2.45, 2.75) is 45.8 Å². The van der Waals surface area contributed by atoms with Crippen LogP contribution in [0, 0.1) is 5.41 Å². The predicted molar refractivity (Wildman–Crippen MR) is 80.3 cm³/mol. The van der Waals surface area contributed by atoms with Crippen molar-refractivity contribution in [1.29, 1.82) is 0 Å². The first kappa shape index (κ1) is 15.3. The minimum absolute atomic E-state index is 0.0811. The summed E-state index contributed by atoms with van der Waals surface area (Å²) in [7, 11) is 0. The van der Waals surface area contributed by atoms with Crippen LogP contribution >= 0.6 is 0 Å². The van der Waals surface area contributed by atoms with Gasteiger partial charge in [-0.1, -0.05) is 48.6 Å². The van der Waals surface area contributed by atoms with Gasteiger partial charge in [-0.15, -0.1) is 0 Å². The van der Waals surface area contributed by atoms with E-state index in [1.54, 1.807) is 0 Å². The molecule has 1 unspecified atom stereocenters. The lowest BCUT2D eigenvalue weighted by molar-refractivity contribution is 0.530. The summed E-state index contributed by atoms with van der Waals surface area (Å²) >= 11 is -1.17. The van der Waals surface area contributed by atoms with E-state index < -0.39 is 11.4 Å². The standard InChI is InChI=1S/C15H23NOS/c1-14(2,3)18(17)16-12-15(4,5)11-13-9-7-6-8-10-13/h6-10,12H,11H2,1-5H3. The van der Waals surface area contributed by atoms with Gasteiger partial charge in [-0.05, 0) is 32.8 Å². The van der Waals surface area contributed by atoms with Crippen LogP contribution < -0.4 is 0 Å². The van der Waals surface area contributed by atoms with Crippen molar-refractivity contribution in [3.63, 3.8) is 0 Å². The van der Waals surface area contributed by atoms with Crippen molar-refractivity contribution in [2.24, 2.45) is 9.81 Å². The molecule has 0 fully saturated rings. The zero-order valence-corrected chi connectivity index (χ0v) is 12.8. The Balaban J connectivity index is 2.68. The maximum atomic E-state index is 11.9. The normalized spacial score (nSPS) is 15.0. The average Bonchev–Trinajstić information content (AvgIpc) is 2.25. The summed E-state index contributed by atoms with van der Waals surface area (Å²) in [6.45, 7) is 10.0. The summed E-state index contributed by atoms with van der Waals surface area (Å²) in [6, 6.07) is 10.3. The van der Waals surface area contributed by atoms with E-state index in [1.807, 2.05) is 45.2 Å². The fourth-order valence-electron chi connectivity index (χ4n) is 1.52. The molecule has 0 saturated carbocycles. The van der Waals surface area contributed by atoms with Crippen LogP contribution in [0.3, 0.4) is 0 Å². The summed E-state index contributed by atoms with van der Waals surface area (Å²) in [5.74, 6) is 0. The van der Waals surface area contributed by atoms with E-state index in [0.29, 0.717) is 0 Å². The lowest BCUT2D eigenvalue weighted by atomic mass is 9.87. The molecular weight excluding hydrogens is 242 g/mol. The Hall–Kier alpha value is -0.800. The van der Waals surface area contributed by atoms with Gasteiger partial charge in [-0.3, -0.25) is 0 Å². The molecule has 0 heterocycles. The topological polar surface area (TPSA) is 35.4 Å². The third kappa shape index (κ3) is 5.23. The van der Waals surface area contributed by atoms with Gasteiger partial charge in [0.15, 0.2) is 0 Å². The number of benzene rings is 1. The third-order valence-electron chi connectivity index (χ3n) is 2.52. The first-order valence-electron chi connectivity index (χ1n) is 6.22. The van der Waals surface area contributed by atoms with Crippen molar-refractivity contribution in [2.75, 3.05) is 0 Å². The van der Waals surface area contributed by atoms with E-state index in [0.717, 1.165) is 6.42 Å². The number of nitrogens with zero attached hydrogens (tertiary/aromatic N) is 1. The summed E-state index contributed by atoms with van der Waals surface area (Å²) < 4.78 is 15.8. The first-order chi connectivity index (χ1) is 8.21. The Morgan fingerprint density at radius 2 is 1.67 bits per heavy atom. The molecule has 0 saturated heterocycles. The van der Waals surface area contributed by atoms with Crippen LogP contribution in [0.5, 0.6) is 0 Å². The Morgan fingerprint density at radius 1 is 1.11 bits per heavy atom. The highest BCUT2D eigenvalue weighted by molar-refractivity contribution is 7.91. The predicted octanol–water partition coefficient (Wildman–Crippen LogP) is 3.79. The van der Waals surface area contributed by atoms with E-state index in [-0.39, 0.29) is 10.2 Å². The summed E-state index contributed by atoms with van der Waals surface area (Å²) in [5, 5.41) is 0. The van der Waals surface area contributed by atoms with E-state index in [4.69, 9.17) is 0 Å². The van der Waals surface area contributed by atoms with Crippen molar-refractivity contribution in [3.05, 3.63) is 35.9 Å². The van der Waals surface area contributed by atoms with Gasteiger partial charge in [0.05, 0.1) is 6.21 Å². The molecule has 0 aliphatic rings. The molecule has 0 aromatic heterocycles. The quantitative estimate of drug-likeness (QED) is 0.602. The van der Waals surface area contributed by atoms with Crippen molar-refractivity contribution in [3.8, 4) is 0 Å². The van der Waals surface area contributed by atoms with Gasteiger partial charge in [-0.25, -0.2) is 0 Å². The largest absolute Gasteiger partial charge is 0.591 e. The lowest BCUT2D eigenvalue weighted by Crippen LogP contribution is -2.27. The first-order valence-corrected chi connectivity index (χ1v) is 7.32. The van der Waals surface area contributed by atoms with Gasteiger partial charge in [0, 0.05) is 5.41 Å². The van der Waals surface area contributed by atoms with E-state index >= 15 is 0 Å². The van der Waals surface area contributed by atoms with Gasteiger partial charge in [-0.2, -0.15) is 0 Å². The molecule has 1 aromatic carbocycles. The molecule has 1 rings (SSSR count). The van der Waals surface area contributed by atoms with Crippen LogP contribution in [-0.4, -0.2) is 15.5 Å². The molecule has 0 spiro atoms. The minimum atomic E-state index is -1.17.